The molecule has 12 heteroatoms. The molecule has 192 valence electrons. The monoisotopic (exact) mass is 497 g/mol. The summed E-state index contributed by atoms with van der Waals surface area (Å²) in [7, 11) is 0. The minimum Gasteiger partial charge on any atom is -0.382 e. The number of nitrogens with two attached hydrogens (primary N) is 1. The number of anilines is 1. The third-order valence-corrected chi connectivity index (χ3v) is 5.77. The Bertz CT molecular complexity index is 1200. The van der Waals surface area contributed by atoms with Gasteiger partial charge in [0.15, 0.2) is 17.3 Å². The fourth-order valence-electron chi connectivity index (χ4n) is 4.19. The van der Waals surface area contributed by atoms with Gasteiger partial charge in [-0.15, -0.1) is 0 Å². The molecule has 12 nitrogen and oxygen atoms in total. The van der Waals surface area contributed by atoms with Crippen LogP contribution in [-0.2, 0) is 4.74 Å². The molecule has 3 aromatic rings. The predicted molar refractivity (Wildman–Crippen MR) is 131 cm³/mol. The molecule has 36 heavy (non-hydrogen) atoms. The Morgan fingerprint density at radius 2 is 1.78 bits per heavy atom. The number of imidazole rings is 1. The molecule has 0 bridgehead atoms. The Kier molecular flexibility index (Phi) is 7.59. The van der Waals surface area contributed by atoms with Gasteiger partial charge in [-0.1, -0.05) is 12.1 Å². The normalized spacial score (nSPS) is 19.5. The summed E-state index contributed by atoms with van der Waals surface area (Å²) in [5.41, 5.74) is 8.09. The summed E-state index contributed by atoms with van der Waals surface area (Å²) in [5.74, 6) is -1.56. The van der Waals surface area contributed by atoms with E-state index in [1.165, 1.54) is 25.1 Å². The minimum absolute atomic E-state index is 0.0703. The average molecular weight is 498 g/mol. The fraction of sp³-hybridized carbons (Fsp3) is 0.458. The Morgan fingerprint density at radius 1 is 1.11 bits per heavy atom. The first kappa shape index (κ1) is 25.6. The number of rotatable bonds is 7. The summed E-state index contributed by atoms with van der Waals surface area (Å²) < 4.78 is 8.05. The molecule has 2 aliphatic rings. The predicted octanol–water partition coefficient (Wildman–Crippen LogP) is 1.07. The van der Waals surface area contributed by atoms with Gasteiger partial charge in [0.25, 0.3) is 11.8 Å². The van der Waals surface area contributed by atoms with Gasteiger partial charge in [0, 0.05) is 13.1 Å². The van der Waals surface area contributed by atoms with E-state index in [0.717, 1.165) is 12.8 Å². The third kappa shape index (κ3) is 5.85. The summed E-state index contributed by atoms with van der Waals surface area (Å²) in [6.07, 6.45) is 5.51. The van der Waals surface area contributed by atoms with Gasteiger partial charge in [-0.25, -0.2) is 15.0 Å². The Balaban J connectivity index is 0.000000556. The molecule has 4 heterocycles. The van der Waals surface area contributed by atoms with Crippen molar-refractivity contribution in [3.63, 3.8) is 0 Å². The van der Waals surface area contributed by atoms with Crippen LogP contribution in [0.1, 0.15) is 60.1 Å². The van der Waals surface area contributed by atoms with Crippen molar-refractivity contribution in [2.45, 2.75) is 51.2 Å². The van der Waals surface area contributed by atoms with Crippen molar-refractivity contribution < 1.29 is 24.5 Å². The molecule has 0 aliphatic carbocycles. The Hall–Kier alpha value is -3.45. The van der Waals surface area contributed by atoms with E-state index in [1.807, 2.05) is 4.57 Å². The molecule has 2 atom stereocenters. The first-order chi connectivity index (χ1) is 17.1. The number of fused-ring (bicyclic) bond motifs is 2. The number of nitrogens with zero attached hydrogens (tertiary/aromatic N) is 5. The van der Waals surface area contributed by atoms with Crippen LogP contribution < -0.4 is 11.1 Å². The zero-order chi connectivity index (χ0) is 25.9. The topological polar surface area (TPSA) is 169 Å². The fourth-order valence-corrected chi connectivity index (χ4v) is 4.19. The van der Waals surface area contributed by atoms with Crippen molar-refractivity contribution in [3.05, 3.63) is 48.0 Å². The molecule has 5 rings (SSSR count). The van der Waals surface area contributed by atoms with Gasteiger partial charge in [0.05, 0.1) is 23.6 Å². The second-order valence-electron chi connectivity index (χ2n) is 9.23. The molecule has 2 aromatic heterocycles. The smallest absolute Gasteiger partial charge is 0.261 e. The lowest BCUT2D eigenvalue weighted by Crippen LogP contribution is -2.34. The number of aromatic nitrogens is 4. The molecule has 0 radical (unpaired) electrons. The molecular weight excluding hydrogens is 466 g/mol. The molecule has 0 spiro atoms. The summed E-state index contributed by atoms with van der Waals surface area (Å²) >= 11 is 0. The highest BCUT2D eigenvalue weighted by Gasteiger charge is 2.34. The van der Waals surface area contributed by atoms with E-state index in [2.05, 4.69) is 20.3 Å². The highest BCUT2D eigenvalue weighted by Crippen LogP contribution is 2.30. The van der Waals surface area contributed by atoms with Crippen LogP contribution in [0.3, 0.4) is 0 Å². The molecule has 2 aliphatic heterocycles. The maximum absolute atomic E-state index is 12.4. The van der Waals surface area contributed by atoms with Crippen LogP contribution in [0.25, 0.3) is 11.2 Å². The van der Waals surface area contributed by atoms with Gasteiger partial charge >= 0.3 is 0 Å². The van der Waals surface area contributed by atoms with Crippen molar-refractivity contribution >= 4 is 28.8 Å². The number of aliphatic hydroxyl groups is 2. The average Bonchev–Trinajstić information content (AvgIpc) is 3.52. The number of hydrogen-bond acceptors (Lipinski definition) is 10. The number of ether oxygens (including phenoxy) is 1. The van der Waals surface area contributed by atoms with E-state index in [9.17, 15) is 9.59 Å². The SMILES string of the molecule is CC(C)(O)O.Nc1ncnc2c1ncn2[C@H]1CC[C@@H](CNCCCN2C(=O)c3ccccc3C2=O)O1. The summed E-state index contributed by atoms with van der Waals surface area (Å²) in [6.45, 7) is 4.38. The van der Waals surface area contributed by atoms with Crippen LogP contribution in [0.5, 0.6) is 0 Å². The number of amides is 2. The van der Waals surface area contributed by atoms with Crippen molar-refractivity contribution in [2.75, 3.05) is 25.4 Å². The molecule has 1 aromatic carbocycles. The lowest BCUT2D eigenvalue weighted by molar-refractivity contribution is -0.127. The van der Waals surface area contributed by atoms with Gasteiger partial charge in [-0.3, -0.25) is 19.1 Å². The van der Waals surface area contributed by atoms with Crippen LogP contribution >= 0.6 is 0 Å². The van der Waals surface area contributed by atoms with E-state index in [4.69, 9.17) is 20.7 Å². The number of hydrogen-bond donors (Lipinski definition) is 4. The van der Waals surface area contributed by atoms with E-state index < -0.39 is 5.79 Å². The molecular formula is C24H31N7O5. The summed E-state index contributed by atoms with van der Waals surface area (Å²) in [6, 6.07) is 6.95. The largest absolute Gasteiger partial charge is 0.382 e. The van der Waals surface area contributed by atoms with Crippen molar-refractivity contribution in [2.24, 2.45) is 0 Å². The number of nitrogens with one attached hydrogen (secondary N) is 1. The second kappa shape index (κ2) is 10.7. The van der Waals surface area contributed by atoms with Crippen LogP contribution in [0.15, 0.2) is 36.9 Å². The van der Waals surface area contributed by atoms with E-state index in [0.29, 0.717) is 54.2 Å². The summed E-state index contributed by atoms with van der Waals surface area (Å²) in [5, 5.41) is 19.5. The zero-order valence-corrected chi connectivity index (χ0v) is 20.3. The molecule has 5 N–H and O–H groups in total. The molecule has 0 saturated carbocycles. The van der Waals surface area contributed by atoms with Gasteiger partial charge in [0.1, 0.15) is 18.1 Å². The number of imide groups is 1. The van der Waals surface area contributed by atoms with Crippen LogP contribution in [0.2, 0.25) is 0 Å². The van der Waals surface area contributed by atoms with Crippen LogP contribution in [-0.4, -0.2) is 78.0 Å². The van der Waals surface area contributed by atoms with Crippen LogP contribution in [0.4, 0.5) is 5.82 Å². The van der Waals surface area contributed by atoms with Crippen LogP contribution in [0, 0.1) is 0 Å². The highest BCUT2D eigenvalue weighted by atomic mass is 16.5. The van der Waals surface area contributed by atoms with Gasteiger partial charge < -0.3 is 26.0 Å². The maximum Gasteiger partial charge on any atom is 0.261 e. The Morgan fingerprint density at radius 3 is 2.44 bits per heavy atom. The van der Waals surface area contributed by atoms with Gasteiger partial charge in [0.2, 0.25) is 0 Å². The van der Waals surface area contributed by atoms with E-state index in [-0.39, 0.29) is 24.1 Å². The van der Waals surface area contributed by atoms with Gasteiger partial charge in [-0.2, -0.15) is 0 Å². The second-order valence-corrected chi connectivity index (χ2v) is 9.23. The van der Waals surface area contributed by atoms with E-state index in [1.54, 1.807) is 30.6 Å². The minimum atomic E-state index is -1.50. The number of benzene rings is 1. The van der Waals surface area contributed by atoms with Crippen molar-refractivity contribution in [3.8, 4) is 0 Å². The first-order valence-corrected chi connectivity index (χ1v) is 11.8. The summed E-state index contributed by atoms with van der Waals surface area (Å²) in [4.78, 5) is 38.6. The van der Waals surface area contributed by atoms with Crippen molar-refractivity contribution in [1.29, 1.82) is 0 Å². The quantitative estimate of drug-likeness (QED) is 0.210. The highest BCUT2D eigenvalue weighted by molar-refractivity contribution is 6.21. The maximum atomic E-state index is 12.4. The third-order valence-electron chi connectivity index (χ3n) is 5.77. The molecule has 1 saturated heterocycles. The lowest BCUT2D eigenvalue weighted by Gasteiger charge is -2.17. The molecule has 0 unspecified atom stereocenters. The van der Waals surface area contributed by atoms with Gasteiger partial charge in [-0.05, 0) is 51.8 Å². The van der Waals surface area contributed by atoms with E-state index >= 15 is 0 Å². The lowest BCUT2D eigenvalue weighted by atomic mass is 10.1. The molecule has 2 amide bonds. The Labute approximate surface area is 208 Å². The van der Waals surface area contributed by atoms with Crippen molar-refractivity contribution in [1.82, 2.24) is 29.7 Å². The number of nitrogen functional groups attached to an aromatic ring is 1. The zero-order valence-electron chi connectivity index (χ0n) is 20.3. The first-order valence-electron chi connectivity index (χ1n) is 11.8. The number of carbonyl (C=O) groups is 2. The molecule has 1 fully saturated rings. The standard InChI is InChI=1S/C21H23N7O3.C3H8O2/c22-18-17-19(25-11-24-18)28(12-26-17)16-7-6-13(31-16)10-23-8-3-9-27-20(29)14-4-1-2-5-15(14)21(27)30;1-3(2,4)5/h1-2,4-5,11-13,16,23H,3,6-10H2,(H2,22,24,25);4-5H,1-2H3/t13-,16+;/m0./s1. The number of carbonyl (C=O) groups excluding carboxylic acids is 2.